The zero-order valence-corrected chi connectivity index (χ0v) is 13.7. The summed E-state index contributed by atoms with van der Waals surface area (Å²) < 4.78 is 6.14. The molecule has 2 rings (SSSR count). The average molecular weight is 280 g/mol. The van der Waals surface area contributed by atoms with Crippen LogP contribution >= 0.6 is 0 Å². The second-order valence-corrected chi connectivity index (χ2v) is 7.25. The molecule has 0 saturated carbocycles. The first kappa shape index (κ1) is 16.0. The molecule has 0 radical (unpaired) electrons. The van der Waals surface area contributed by atoms with E-state index in [4.69, 9.17) is 4.74 Å². The van der Waals surface area contributed by atoms with E-state index in [1.807, 2.05) is 0 Å². The number of rotatable bonds is 5. The lowest BCUT2D eigenvalue weighted by atomic mass is 9.83. The minimum Gasteiger partial charge on any atom is -0.372 e. The van der Waals surface area contributed by atoms with E-state index in [-0.39, 0.29) is 0 Å². The fourth-order valence-corrected chi connectivity index (χ4v) is 3.22. The predicted molar refractivity (Wildman–Crippen MR) is 85.0 cm³/mol. The van der Waals surface area contributed by atoms with Gasteiger partial charge in [-0.15, -0.1) is 0 Å². The molecule has 3 heteroatoms. The Bertz CT molecular complexity index is 332. The first-order valence-corrected chi connectivity index (χ1v) is 8.27. The van der Waals surface area contributed by atoms with Gasteiger partial charge in [0.2, 0.25) is 0 Å². The van der Waals surface area contributed by atoms with Crippen LogP contribution in [0, 0.1) is 5.41 Å². The van der Waals surface area contributed by atoms with Gasteiger partial charge in [0.15, 0.2) is 0 Å². The molecule has 1 fully saturated rings. The largest absolute Gasteiger partial charge is 0.372 e. The Hall–Kier alpha value is -0.380. The van der Waals surface area contributed by atoms with E-state index < -0.39 is 0 Å². The average Bonchev–Trinajstić information content (AvgIpc) is 2.83. The van der Waals surface area contributed by atoms with Crippen LogP contribution in [0.25, 0.3) is 0 Å². The van der Waals surface area contributed by atoms with E-state index in [9.17, 15) is 0 Å². The Kier molecular flexibility index (Phi) is 5.65. The maximum atomic E-state index is 6.14. The van der Waals surface area contributed by atoms with Crippen LogP contribution < -0.4 is 5.32 Å². The molecule has 20 heavy (non-hydrogen) atoms. The molecular formula is C17H32N2O. The SMILES string of the molecule is CCNCC1CCC(CN2CC=C(C(C)(C)C)CC2)O1. The third-order valence-corrected chi connectivity index (χ3v) is 4.54. The summed E-state index contributed by atoms with van der Waals surface area (Å²) >= 11 is 0. The van der Waals surface area contributed by atoms with Gasteiger partial charge in [-0.1, -0.05) is 39.3 Å². The third kappa shape index (κ3) is 4.57. The van der Waals surface area contributed by atoms with E-state index in [0.717, 1.165) is 26.2 Å². The lowest BCUT2D eigenvalue weighted by Crippen LogP contribution is -2.37. The van der Waals surface area contributed by atoms with Gasteiger partial charge in [-0.05, 0) is 31.2 Å². The van der Waals surface area contributed by atoms with Crippen LogP contribution in [-0.4, -0.2) is 49.8 Å². The van der Waals surface area contributed by atoms with Crippen LogP contribution in [0.3, 0.4) is 0 Å². The Morgan fingerprint density at radius 3 is 2.65 bits per heavy atom. The summed E-state index contributed by atoms with van der Waals surface area (Å²) in [7, 11) is 0. The Morgan fingerprint density at radius 1 is 1.30 bits per heavy atom. The van der Waals surface area contributed by atoms with Gasteiger partial charge >= 0.3 is 0 Å². The van der Waals surface area contributed by atoms with E-state index in [1.54, 1.807) is 5.57 Å². The highest BCUT2D eigenvalue weighted by Crippen LogP contribution is 2.30. The van der Waals surface area contributed by atoms with Crippen molar-refractivity contribution in [3.8, 4) is 0 Å². The minimum absolute atomic E-state index is 0.340. The molecule has 2 unspecified atom stereocenters. The molecule has 2 aliphatic rings. The summed E-state index contributed by atoms with van der Waals surface area (Å²) in [6, 6.07) is 0. The quantitative estimate of drug-likeness (QED) is 0.784. The van der Waals surface area contributed by atoms with Crippen LogP contribution in [0.5, 0.6) is 0 Å². The smallest absolute Gasteiger partial charge is 0.0707 e. The van der Waals surface area contributed by atoms with Crippen molar-refractivity contribution in [2.24, 2.45) is 5.41 Å². The molecule has 2 aliphatic heterocycles. The van der Waals surface area contributed by atoms with Gasteiger partial charge in [0, 0.05) is 26.2 Å². The van der Waals surface area contributed by atoms with Crippen molar-refractivity contribution in [3.05, 3.63) is 11.6 Å². The third-order valence-electron chi connectivity index (χ3n) is 4.54. The topological polar surface area (TPSA) is 24.5 Å². The number of likely N-dealkylation sites (N-methyl/N-ethyl adjacent to an activating group) is 1. The maximum Gasteiger partial charge on any atom is 0.0707 e. The van der Waals surface area contributed by atoms with Gasteiger partial charge in [-0.25, -0.2) is 0 Å². The maximum absolute atomic E-state index is 6.14. The van der Waals surface area contributed by atoms with Crippen molar-refractivity contribution in [2.45, 2.75) is 59.2 Å². The number of nitrogens with zero attached hydrogens (tertiary/aromatic N) is 1. The molecule has 1 N–H and O–H groups in total. The fraction of sp³-hybridized carbons (Fsp3) is 0.882. The van der Waals surface area contributed by atoms with Crippen LogP contribution in [-0.2, 0) is 4.74 Å². The van der Waals surface area contributed by atoms with Crippen molar-refractivity contribution >= 4 is 0 Å². The number of ether oxygens (including phenoxy) is 1. The van der Waals surface area contributed by atoms with Crippen LogP contribution in [0.4, 0.5) is 0 Å². The van der Waals surface area contributed by atoms with Crippen molar-refractivity contribution < 1.29 is 4.74 Å². The lowest BCUT2D eigenvalue weighted by Gasteiger charge is -2.33. The monoisotopic (exact) mass is 280 g/mol. The van der Waals surface area contributed by atoms with Gasteiger partial charge in [-0.3, -0.25) is 4.90 Å². The van der Waals surface area contributed by atoms with Crippen molar-refractivity contribution in [1.82, 2.24) is 10.2 Å². The van der Waals surface area contributed by atoms with Gasteiger partial charge < -0.3 is 10.1 Å². The van der Waals surface area contributed by atoms with Crippen molar-refractivity contribution in [1.29, 1.82) is 0 Å². The van der Waals surface area contributed by atoms with E-state index in [2.05, 4.69) is 44.0 Å². The summed E-state index contributed by atoms with van der Waals surface area (Å²) in [5.74, 6) is 0. The predicted octanol–water partition coefficient (Wildman–Crippen LogP) is 2.82. The molecule has 0 aliphatic carbocycles. The van der Waals surface area contributed by atoms with Gasteiger partial charge in [0.1, 0.15) is 0 Å². The summed E-state index contributed by atoms with van der Waals surface area (Å²) in [5.41, 5.74) is 1.96. The fourth-order valence-electron chi connectivity index (χ4n) is 3.22. The van der Waals surface area contributed by atoms with Crippen molar-refractivity contribution in [2.75, 3.05) is 32.7 Å². The summed E-state index contributed by atoms with van der Waals surface area (Å²) in [6.45, 7) is 14.6. The molecular weight excluding hydrogens is 248 g/mol. The van der Waals surface area contributed by atoms with Crippen LogP contribution in [0.15, 0.2) is 11.6 Å². The zero-order valence-electron chi connectivity index (χ0n) is 13.7. The van der Waals surface area contributed by atoms with E-state index >= 15 is 0 Å². The number of nitrogens with one attached hydrogen (secondary N) is 1. The van der Waals surface area contributed by atoms with Gasteiger partial charge in [0.05, 0.1) is 12.2 Å². The van der Waals surface area contributed by atoms with Gasteiger partial charge in [-0.2, -0.15) is 0 Å². The van der Waals surface area contributed by atoms with E-state index in [0.29, 0.717) is 17.6 Å². The molecule has 1 saturated heterocycles. The molecule has 0 amide bonds. The highest BCUT2D eigenvalue weighted by molar-refractivity contribution is 5.14. The highest BCUT2D eigenvalue weighted by atomic mass is 16.5. The zero-order chi connectivity index (χ0) is 14.6. The Morgan fingerprint density at radius 2 is 2.05 bits per heavy atom. The highest BCUT2D eigenvalue weighted by Gasteiger charge is 2.28. The molecule has 3 nitrogen and oxygen atoms in total. The molecule has 2 atom stereocenters. The van der Waals surface area contributed by atoms with Gasteiger partial charge in [0.25, 0.3) is 0 Å². The molecule has 0 bridgehead atoms. The minimum atomic E-state index is 0.340. The van der Waals surface area contributed by atoms with E-state index in [1.165, 1.54) is 25.8 Å². The molecule has 0 aromatic rings. The van der Waals surface area contributed by atoms with Crippen molar-refractivity contribution in [3.63, 3.8) is 0 Å². The number of hydrogen-bond donors (Lipinski definition) is 1. The molecule has 116 valence electrons. The number of hydrogen-bond acceptors (Lipinski definition) is 3. The lowest BCUT2D eigenvalue weighted by molar-refractivity contribution is 0.0247. The summed E-state index contributed by atoms with van der Waals surface area (Å²) in [4.78, 5) is 2.55. The molecule has 0 aromatic heterocycles. The molecule has 2 heterocycles. The first-order valence-electron chi connectivity index (χ1n) is 8.27. The summed E-state index contributed by atoms with van der Waals surface area (Å²) in [5, 5.41) is 3.39. The first-order chi connectivity index (χ1) is 9.49. The van der Waals surface area contributed by atoms with Crippen LogP contribution in [0.1, 0.15) is 47.0 Å². The molecule has 0 aromatic carbocycles. The second-order valence-electron chi connectivity index (χ2n) is 7.25. The normalized spacial score (nSPS) is 28.7. The standard InChI is InChI=1S/C17H32N2O/c1-5-18-12-15-6-7-16(20-15)13-19-10-8-14(9-11-19)17(2,3)4/h8,15-16,18H,5-7,9-13H2,1-4H3. The second kappa shape index (κ2) is 7.06. The Balaban J connectivity index is 1.73. The summed E-state index contributed by atoms with van der Waals surface area (Å²) in [6.07, 6.45) is 6.98. The Labute approximate surface area is 124 Å². The van der Waals surface area contributed by atoms with Crippen LogP contribution in [0.2, 0.25) is 0 Å². The molecule has 0 spiro atoms.